The maximum Gasteiger partial charge on any atom is 0.314 e. The number of rotatable bonds is 3. The monoisotopic (exact) mass is 512 g/mol. The number of esters is 1. The molecule has 5 fully saturated rings. The van der Waals surface area contributed by atoms with Gasteiger partial charge >= 0.3 is 5.97 Å². The Morgan fingerprint density at radius 1 is 1.06 bits per heavy atom. The van der Waals surface area contributed by atoms with E-state index in [1.165, 1.54) is 0 Å². The van der Waals surface area contributed by atoms with Crippen LogP contribution < -0.4 is 0 Å². The predicted molar refractivity (Wildman–Crippen MR) is 123 cm³/mol. The van der Waals surface area contributed by atoms with Gasteiger partial charge in [0.15, 0.2) is 0 Å². The molecular formula is C26H40O10. The van der Waals surface area contributed by atoms with Crippen molar-refractivity contribution < 1.29 is 49.7 Å². The van der Waals surface area contributed by atoms with Crippen LogP contribution in [0.15, 0.2) is 0 Å². The van der Waals surface area contributed by atoms with E-state index in [-0.39, 0.29) is 24.0 Å². The molecule has 13 unspecified atom stereocenters. The largest absolute Gasteiger partial charge is 0.432 e. The number of ether oxygens (including phenoxy) is 2. The van der Waals surface area contributed by atoms with Gasteiger partial charge in [-0.05, 0) is 51.4 Å². The molecule has 0 aromatic rings. The molecule has 204 valence electrons. The molecule has 0 amide bonds. The highest BCUT2D eigenvalue weighted by atomic mass is 16.7. The summed E-state index contributed by atoms with van der Waals surface area (Å²) in [6.07, 6.45) is -5.63. The first-order valence-electron chi connectivity index (χ1n) is 13.2. The Bertz CT molecular complexity index is 924. The fourth-order valence-corrected chi connectivity index (χ4v) is 9.18. The number of carbonyl (C=O) groups excluding carboxylic acids is 2. The zero-order chi connectivity index (χ0) is 26.4. The third kappa shape index (κ3) is 3.15. The minimum atomic E-state index is -1.73. The van der Waals surface area contributed by atoms with Crippen molar-refractivity contribution in [1.82, 2.24) is 0 Å². The second-order valence-corrected chi connectivity index (χ2v) is 12.6. The number of hydrogen-bond acceptors (Lipinski definition) is 10. The summed E-state index contributed by atoms with van der Waals surface area (Å²) in [4.78, 5) is 27.3. The van der Waals surface area contributed by atoms with E-state index in [0.717, 1.165) is 6.42 Å². The Balaban J connectivity index is 1.47. The van der Waals surface area contributed by atoms with Gasteiger partial charge in [0.1, 0.15) is 30.2 Å². The molecular weight excluding hydrogens is 472 g/mol. The Hall–Kier alpha value is -1.14. The average Bonchev–Trinajstić information content (AvgIpc) is 3.03. The number of Topliss-reactive ketones (excluding diaryl/α,β-unsaturated/α-hetero) is 1. The lowest BCUT2D eigenvalue weighted by Gasteiger charge is -2.68. The standard InChI is InChI=1S/C26H40O10/c1-12-13-5-8-26(34)24(3)7-4-6-23(2,19(24)14(28)10-25(26,9-13)20(12)32)22(33)36-21-18(31)17(30)16(29)15(11-27)35-21/h12-19,21,27-31,34H,4-11H2,1-3H3. The van der Waals surface area contributed by atoms with Gasteiger partial charge in [0.2, 0.25) is 6.29 Å². The van der Waals surface area contributed by atoms with Crippen LogP contribution in [0.1, 0.15) is 65.7 Å². The number of ketones is 1. The molecule has 1 heterocycles. The molecule has 6 N–H and O–H groups in total. The third-order valence-corrected chi connectivity index (χ3v) is 11.1. The topological polar surface area (TPSA) is 174 Å². The summed E-state index contributed by atoms with van der Waals surface area (Å²) in [5.74, 6) is -1.44. The van der Waals surface area contributed by atoms with Crippen LogP contribution in [0.3, 0.4) is 0 Å². The van der Waals surface area contributed by atoms with Gasteiger partial charge in [0.25, 0.3) is 0 Å². The molecule has 10 nitrogen and oxygen atoms in total. The molecule has 2 bridgehead atoms. The molecule has 36 heavy (non-hydrogen) atoms. The normalized spacial score (nSPS) is 56.6. The summed E-state index contributed by atoms with van der Waals surface area (Å²) in [7, 11) is 0. The highest BCUT2D eigenvalue weighted by molar-refractivity contribution is 5.91. The van der Waals surface area contributed by atoms with E-state index >= 15 is 0 Å². The van der Waals surface area contributed by atoms with Crippen LogP contribution in [0.5, 0.6) is 0 Å². The van der Waals surface area contributed by atoms with Gasteiger partial charge in [-0.1, -0.05) is 20.3 Å². The molecule has 1 saturated heterocycles. The first kappa shape index (κ1) is 26.5. The number of hydrogen-bond donors (Lipinski definition) is 6. The van der Waals surface area contributed by atoms with E-state index in [4.69, 9.17) is 9.47 Å². The van der Waals surface area contributed by atoms with E-state index in [1.807, 2.05) is 13.8 Å². The summed E-state index contributed by atoms with van der Waals surface area (Å²) >= 11 is 0. The fraction of sp³-hybridized carbons (Fsp3) is 0.923. The molecule has 0 radical (unpaired) electrons. The van der Waals surface area contributed by atoms with Gasteiger partial charge in [-0.15, -0.1) is 0 Å². The smallest absolute Gasteiger partial charge is 0.314 e. The number of aliphatic hydroxyl groups is 6. The van der Waals surface area contributed by atoms with Crippen LogP contribution in [0, 0.1) is 34.0 Å². The molecule has 5 aliphatic rings. The van der Waals surface area contributed by atoms with Crippen LogP contribution in [0.4, 0.5) is 0 Å². The van der Waals surface area contributed by atoms with Crippen molar-refractivity contribution in [2.75, 3.05) is 6.61 Å². The zero-order valence-corrected chi connectivity index (χ0v) is 21.2. The van der Waals surface area contributed by atoms with E-state index < -0.39 is 77.1 Å². The number of fused-ring (bicyclic) bond motifs is 3. The summed E-state index contributed by atoms with van der Waals surface area (Å²) in [5.41, 5.74) is -4.60. The summed E-state index contributed by atoms with van der Waals surface area (Å²) in [5, 5.41) is 64.0. The van der Waals surface area contributed by atoms with Gasteiger partial charge < -0.3 is 40.1 Å². The molecule has 4 saturated carbocycles. The first-order chi connectivity index (χ1) is 16.8. The molecule has 1 aliphatic heterocycles. The summed E-state index contributed by atoms with van der Waals surface area (Å²) in [6, 6.07) is 0. The number of aliphatic hydroxyl groups excluding tert-OH is 5. The van der Waals surface area contributed by atoms with Crippen molar-refractivity contribution in [3.63, 3.8) is 0 Å². The van der Waals surface area contributed by atoms with Gasteiger partial charge in [-0.25, -0.2) is 0 Å². The van der Waals surface area contributed by atoms with Gasteiger partial charge in [-0.3, -0.25) is 9.59 Å². The second-order valence-electron chi connectivity index (χ2n) is 12.6. The maximum atomic E-state index is 13.7. The molecule has 4 aliphatic carbocycles. The van der Waals surface area contributed by atoms with Gasteiger partial charge in [-0.2, -0.15) is 0 Å². The Labute approximate surface area is 210 Å². The maximum absolute atomic E-state index is 13.7. The van der Waals surface area contributed by atoms with Crippen LogP contribution in [-0.2, 0) is 19.1 Å². The fourth-order valence-electron chi connectivity index (χ4n) is 9.18. The lowest BCUT2D eigenvalue weighted by Crippen LogP contribution is -2.73. The molecule has 0 aromatic heterocycles. The molecule has 13 atom stereocenters. The molecule has 5 rings (SSSR count). The summed E-state index contributed by atoms with van der Waals surface area (Å²) in [6.45, 7) is 4.82. The zero-order valence-electron chi connectivity index (χ0n) is 21.2. The van der Waals surface area contributed by atoms with Gasteiger partial charge in [0.05, 0.1) is 29.1 Å². The predicted octanol–water partition coefficient (Wildman–Crippen LogP) is -0.357. The van der Waals surface area contributed by atoms with Crippen molar-refractivity contribution in [2.24, 2.45) is 34.0 Å². The van der Waals surface area contributed by atoms with E-state index in [2.05, 4.69) is 0 Å². The van der Waals surface area contributed by atoms with E-state index in [1.54, 1.807) is 6.92 Å². The third-order valence-electron chi connectivity index (χ3n) is 11.1. The van der Waals surface area contributed by atoms with Crippen LogP contribution in [0.2, 0.25) is 0 Å². The molecule has 0 aromatic carbocycles. The summed E-state index contributed by atoms with van der Waals surface area (Å²) < 4.78 is 10.9. The van der Waals surface area contributed by atoms with Crippen molar-refractivity contribution in [3.8, 4) is 0 Å². The SMILES string of the molecule is CC1C(=O)C23CC(O)C4C(C)(C(=O)OC5OC(CO)C(O)C(O)C5O)CCCC4(C)C2(O)CCC1C3. The van der Waals surface area contributed by atoms with Crippen LogP contribution >= 0.6 is 0 Å². The quantitative estimate of drug-likeness (QED) is 0.274. The number of carbonyl (C=O) groups is 2. The minimum absolute atomic E-state index is 0.0161. The van der Waals surface area contributed by atoms with Crippen molar-refractivity contribution in [2.45, 2.75) is 108 Å². The van der Waals surface area contributed by atoms with Crippen LogP contribution in [0.25, 0.3) is 0 Å². The molecule has 10 heteroatoms. The van der Waals surface area contributed by atoms with E-state index in [9.17, 15) is 40.2 Å². The lowest BCUT2D eigenvalue weighted by atomic mass is 9.38. The highest BCUT2D eigenvalue weighted by Crippen LogP contribution is 2.73. The van der Waals surface area contributed by atoms with Gasteiger partial charge in [0, 0.05) is 17.3 Å². The van der Waals surface area contributed by atoms with Crippen molar-refractivity contribution in [3.05, 3.63) is 0 Å². The highest BCUT2D eigenvalue weighted by Gasteiger charge is 2.77. The Morgan fingerprint density at radius 3 is 2.42 bits per heavy atom. The lowest BCUT2D eigenvalue weighted by molar-refractivity contribution is -0.306. The first-order valence-corrected chi connectivity index (χ1v) is 13.2. The van der Waals surface area contributed by atoms with Crippen molar-refractivity contribution >= 4 is 11.8 Å². The Morgan fingerprint density at radius 2 is 1.75 bits per heavy atom. The average molecular weight is 513 g/mol. The van der Waals surface area contributed by atoms with Crippen LogP contribution in [-0.4, -0.2) is 91.4 Å². The Kier molecular flexibility index (Phi) is 6.20. The molecule has 1 spiro atoms. The van der Waals surface area contributed by atoms with Crippen molar-refractivity contribution in [1.29, 1.82) is 0 Å². The minimum Gasteiger partial charge on any atom is -0.432 e. The van der Waals surface area contributed by atoms with E-state index in [0.29, 0.717) is 32.1 Å². The second kappa shape index (κ2) is 8.43.